The molecule has 2 heterocycles. The molecule has 2 aliphatic heterocycles. The van der Waals surface area contributed by atoms with Gasteiger partial charge < -0.3 is 0 Å². The van der Waals surface area contributed by atoms with Crippen LogP contribution in [0.4, 0.5) is 0 Å². The zero-order valence-corrected chi connectivity index (χ0v) is 12.4. The maximum absolute atomic E-state index is 12.1. The predicted octanol–water partition coefficient (Wildman–Crippen LogP) is 0.159. The van der Waals surface area contributed by atoms with Crippen LogP contribution in [0.2, 0.25) is 0 Å². The van der Waals surface area contributed by atoms with Crippen LogP contribution in [0.5, 0.6) is 0 Å². The molecule has 112 valence electrons. The van der Waals surface area contributed by atoms with Gasteiger partial charge in [0.15, 0.2) is 11.5 Å². The van der Waals surface area contributed by atoms with Crippen LogP contribution in [0.15, 0.2) is 39.9 Å². The normalized spacial score (nSPS) is 11.0. The highest BCUT2D eigenvalue weighted by Crippen LogP contribution is 2.10. The van der Waals surface area contributed by atoms with Crippen molar-refractivity contribution in [2.75, 3.05) is 0 Å². The van der Waals surface area contributed by atoms with Gasteiger partial charge in [-0.15, -0.1) is 0 Å². The zero-order chi connectivity index (χ0) is 15.7. The van der Waals surface area contributed by atoms with Gasteiger partial charge in [0.1, 0.15) is 5.82 Å². The van der Waals surface area contributed by atoms with E-state index >= 15 is 0 Å². The molecule has 0 saturated heterocycles. The van der Waals surface area contributed by atoms with Gasteiger partial charge in [-0.25, -0.2) is 14.5 Å². The van der Waals surface area contributed by atoms with Crippen molar-refractivity contribution in [3.8, 4) is 11.5 Å². The van der Waals surface area contributed by atoms with Crippen LogP contribution in [0, 0.1) is 0 Å². The van der Waals surface area contributed by atoms with E-state index in [-0.39, 0.29) is 11.5 Å². The molecule has 0 bridgehead atoms. The number of aromatic nitrogens is 5. The Hall–Kier alpha value is -2.83. The maximum Gasteiger partial charge on any atom is 0.352 e. The second kappa shape index (κ2) is 5.51. The fraction of sp³-hybridized carbons (Fsp3) is 0.267. The third kappa shape index (κ3) is 2.52. The molecular formula is C15H15N5O2. The number of nitrogens with zero attached hydrogens (tertiary/aromatic N) is 5. The van der Waals surface area contributed by atoms with Gasteiger partial charge in [0.25, 0.3) is 5.56 Å². The summed E-state index contributed by atoms with van der Waals surface area (Å²) in [4.78, 5) is 31.9. The van der Waals surface area contributed by atoms with Crippen molar-refractivity contribution in [1.82, 2.24) is 24.3 Å². The highest BCUT2D eigenvalue weighted by atomic mass is 16.2. The summed E-state index contributed by atoms with van der Waals surface area (Å²) in [5.74, 6) is 0.757. The van der Waals surface area contributed by atoms with Crippen molar-refractivity contribution >= 4 is 0 Å². The Morgan fingerprint density at radius 1 is 1.00 bits per heavy atom. The Morgan fingerprint density at radius 2 is 1.73 bits per heavy atom. The Labute approximate surface area is 126 Å². The smallest absolute Gasteiger partial charge is 0.267 e. The SMILES string of the molecule is Cn1nc(CCc2ccccc2)nc2c(=O)n(C)c(=O)nc1-2. The lowest BCUT2D eigenvalue weighted by Crippen LogP contribution is -2.37. The Balaban J connectivity index is 2.00. The summed E-state index contributed by atoms with van der Waals surface area (Å²) in [7, 11) is 3.05. The molecule has 0 amide bonds. The van der Waals surface area contributed by atoms with Gasteiger partial charge in [0.05, 0.1) is 0 Å². The molecule has 0 spiro atoms. The number of rotatable bonds is 3. The highest BCUT2D eigenvalue weighted by Gasteiger charge is 2.18. The average molecular weight is 297 g/mol. The Bertz CT molecular complexity index is 898. The average Bonchev–Trinajstić information content (AvgIpc) is 2.53. The number of hydrogen-bond donors (Lipinski definition) is 0. The molecular weight excluding hydrogens is 282 g/mol. The molecule has 0 fully saturated rings. The molecule has 0 saturated carbocycles. The van der Waals surface area contributed by atoms with Crippen LogP contribution in [0.3, 0.4) is 0 Å². The van der Waals surface area contributed by atoms with Gasteiger partial charge in [-0.2, -0.15) is 10.1 Å². The first-order valence-corrected chi connectivity index (χ1v) is 6.91. The topological polar surface area (TPSA) is 82.7 Å². The van der Waals surface area contributed by atoms with Crippen molar-refractivity contribution in [2.24, 2.45) is 14.1 Å². The molecule has 3 rings (SSSR count). The fourth-order valence-electron chi connectivity index (χ4n) is 2.26. The van der Waals surface area contributed by atoms with Crippen molar-refractivity contribution in [3.63, 3.8) is 0 Å². The monoisotopic (exact) mass is 297 g/mol. The summed E-state index contributed by atoms with van der Waals surface area (Å²) < 4.78 is 2.39. The molecule has 0 aliphatic carbocycles. The van der Waals surface area contributed by atoms with E-state index in [4.69, 9.17) is 0 Å². The lowest BCUT2D eigenvalue weighted by molar-refractivity contribution is 0.640. The number of fused-ring (bicyclic) bond motifs is 1. The molecule has 0 radical (unpaired) electrons. The van der Waals surface area contributed by atoms with E-state index in [1.807, 2.05) is 30.3 Å². The minimum atomic E-state index is -0.603. The van der Waals surface area contributed by atoms with E-state index in [1.165, 1.54) is 17.3 Å². The molecule has 7 heteroatoms. The van der Waals surface area contributed by atoms with Gasteiger partial charge in [-0.05, 0) is 12.0 Å². The van der Waals surface area contributed by atoms with Crippen molar-refractivity contribution in [1.29, 1.82) is 0 Å². The first-order valence-electron chi connectivity index (χ1n) is 6.91. The summed E-state index contributed by atoms with van der Waals surface area (Å²) >= 11 is 0. The van der Waals surface area contributed by atoms with Gasteiger partial charge in [0, 0.05) is 20.5 Å². The third-order valence-corrected chi connectivity index (χ3v) is 3.50. The summed E-state index contributed by atoms with van der Waals surface area (Å²) in [6.45, 7) is 0. The molecule has 0 aromatic heterocycles. The molecule has 1 aromatic carbocycles. The first-order chi connectivity index (χ1) is 10.6. The minimum absolute atomic E-state index is 0.169. The molecule has 1 aromatic rings. The lowest BCUT2D eigenvalue weighted by atomic mass is 10.1. The Morgan fingerprint density at radius 3 is 2.45 bits per heavy atom. The van der Waals surface area contributed by atoms with Gasteiger partial charge >= 0.3 is 5.69 Å². The summed E-state index contributed by atoms with van der Waals surface area (Å²) in [6.07, 6.45) is 1.38. The molecule has 0 unspecified atom stereocenters. The quantitative estimate of drug-likeness (QED) is 0.687. The fourth-order valence-corrected chi connectivity index (χ4v) is 2.26. The highest BCUT2D eigenvalue weighted by molar-refractivity contribution is 5.47. The molecule has 2 aliphatic rings. The van der Waals surface area contributed by atoms with Crippen molar-refractivity contribution in [2.45, 2.75) is 12.8 Å². The Kier molecular flexibility index (Phi) is 3.54. The third-order valence-electron chi connectivity index (χ3n) is 3.50. The van der Waals surface area contributed by atoms with E-state index < -0.39 is 11.2 Å². The van der Waals surface area contributed by atoms with Crippen LogP contribution in [0.25, 0.3) is 11.5 Å². The van der Waals surface area contributed by atoms with Gasteiger partial charge in [0.2, 0.25) is 0 Å². The lowest BCUT2D eigenvalue weighted by Gasteiger charge is -2.11. The first kappa shape index (κ1) is 14.1. The van der Waals surface area contributed by atoms with Gasteiger partial charge in [-0.1, -0.05) is 30.3 Å². The molecule has 22 heavy (non-hydrogen) atoms. The van der Waals surface area contributed by atoms with Crippen LogP contribution < -0.4 is 11.2 Å². The van der Waals surface area contributed by atoms with Crippen molar-refractivity contribution in [3.05, 3.63) is 62.6 Å². The predicted molar refractivity (Wildman–Crippen MR) is 80.8 cm³/mol. The van der Waals surface area contributed by atoms with E-state index in [0.717, 1.165) is 11.0 Å². The standard InChI is InChI=1S/C15H15N5O2/c1-19-14(21)12-13(17-15(19)22)20(2)18-11(16-12)9-8-10-6-4-3-5-7-10/h3-7H,8-9H2,1-2H3. The minimum Gasteiger partial charge on any atom is -0.267 e. The maximum atomic E-state index is 12.1. The zero-order valence-electron chi connectivity index (χ0n) is 12.4. The van der Waals surface area contributed by atoms with Gasteiger partial charge in [-0.3, -0.25) is 9.36 Å². The summed E-state index contributed by atoms with van der Waals surface area (Å²) in [5.41, 5.74) is 0.292. The second-order valence-corrected chi connectivity index (χ2v) is 5.07. The number of aryl methyl sites for hydroxylation is 3. The number of benzene rings is 1. The van der Waals surface area contributed by atoms with E-state index in [0.29, 0.717) is 12.2 Å². The van der Waals surface area contributed by atoms with E-state index in [2.05, 4.69) is 15.1 Å². The number of hydrogen-bond acceptors (Lipinski definition) is 5. The van der Waals surface area contributed by atoms with Crippen LogP contribution in [-0.4, -0.2) is 24.3 Å². The van der Waals surface area contributed by atoms with E-state index in [1.54, 1.807) is 7.05 Å². The van der Waals surface area contributed by atoms with Crippen LogP contribution in [0.1, 0.15) is 11.4 Å². The molecule has 0 atom stereocenters. The molecule has 7 nitrogen and oxygen atoms in total. The molecule has 0 N–H and O–H groups in total. The summed E-state index contributed by atoms with van der Waals surface area (Å²) in [5, 5.41) is 4.28. The van der Waals surface area contributed by atoms with Crippen LogP contribution >= 0.6 is 0 Å². The van der Waals surface area contributed by atoms with E-state index in [9.17, 15) is 9.59 Å². The largest absolute Gasteiger partial charge is 0.352 e. The van der Waals surface area contributed by atoms with Crippen molar-refractivity contribution < 1.29 is 0 Å². The second-order valence-electron chi connectivity index (χ2n) is 5.07. The summed E-state index contributed by atoms with van der Waals surface area (Å²) in [6, 6.07) is 9.99. The van der Waals surface area contributed by atoms with Crippen LogP contribution in [-0.2, 0) is 26.9 Å².